The Hall–Kier alpha value is -1.00. The van der Waals surface area contributed by atoms with E-state index >= 15 is 0 Å². The van der Waals surface area contributed by atoms with Crippen molar-refractivity contribution < 1.29 is 8.78 Å². The van der Waals surface area contributed by atoms with Crippen molar-refractivity contribution in [3.05, 3.63) is 35.4 Å². The third-order valence-corrected chi connectivity index (χ3v) is 4.89. The molecule has 1 aromatic rings. The van der Waals surface area contributed by atoms with Gasteiger partial charge in [0.05, 0.1) is 0 Å². The molecule has 0 radical (unpaired) electrons. The standard InChI is InChI=1S/C17H24F2N2/c1-12(17-15(18)3-2-4-16(17)19)21-9-7-14(8-10-21)20-11-13-5-6-13/h2-4,12-14,20H,5-11H2,1H3. The first-order valence-corrected chi connectivity index (χ1v) is 8.06. The maximum absolute atomic E-state index is 13.9. The number of likely N-dealkylation sites (tertiary alicyclic amines) is 1. The van der Waals surface area contributed by atoms with Crippen LogP contribution in [0.4, 0.5) is 8.78 Å². The molecule has 2 nitrogen and oxygen atoms in total. The summed E-state index contributed by atoms with van der Waals surface area (Å²) in [5.41, 5.74) is 0.210. The molecule has 3 rings (SSSR count). The molecule has 1 unspecified atom stereocenters. The third-order valence-electron chi connectivity index (χ3n) is 4.89. The van der Waals surface area contributed by atoms with Crippen LogP contribution in [-0.4, -0.2) is 30.6 Å². The zero-order valence-electron chi connectivity index (χ0n) is 12.6. The smallest absolute Gasteiger partial charge is 0.130 e. The fraction of sp³-hybridized carbons (Fsp3) is 0.647. The molecule has 0 spiro atoms. The summed E-state index contributed by atoms with van der Waals surface area (Å²) in [5.74, 6) is 0.0300. The van der Waals surface area contributed by atoms with Crippen LogP contribution < -0.4 is 5.32 Å². The molecule has 1 heterocycles. The van der Waals surface area contributed by atoms with Crippen LogP contribution in [0.1, 0.15) is 44.2 Å². The number of hydrogen-bond donors (Lipinski definition) is 1. The SMILES string of the molecule is CC(c1c(F)cccc1F)N1CCC(NCC2CC2)CC1. The minimum Gasteiger partial charge on any atom is -0.314 e. The van der Waals surface area contributed by atoms with E-state index in [1.165, 1.54) is 31.0 Å². The van der Waals surface area contributed by atoms with E-state index in [1.807, 2.05) is 6.92 Å². The topological polar surface area (TPSA) is 15.3 Å². The molecule has 0 aromatic heterocycles. The zero-order chi connectivity index (χ0) is 14.8. The maximum atomic E-state index is 13.9. The molecule has 2 fully saturated rings. The number of nitrogens with one attached hydrogen (secondary N) is 1. The lowest BCUT2D eigenvalue weighted by atomic mass is 9.99. The Bertz CT molecular complexity index is 459. The Balaban J connectivity index is 1.55. The summed E-state index contributed by atoms with van der Waals surface area (Å²) in [4.78, 5) is 2.19. The summed E-state index contributed by atoms with van der Waals surface area (Å²) >= 11 is 0. The number of halogens is 2. The van der Waals surface area contributed by atoms with E-state index < -0.39 is 11.6 Å². The van der Waals surface area contributed by atoms with Gasteiger partial charge in [0.15, 0.2) is 0 Å². The predicted octanol–water partition coefficient (Wildman–Crippen LogP) is 3.49. The number of hydrogen-bond acceptors (Lipinski definition) is 2. The summed E-state index contributed by atoms with van der Waals surface area (Å²) in [7, 11) is 0. The number of rotatable bonds is 5. The minimum atomic E-state index is -0.434. The number of benzene rings is 1. The molecule has 1 aromatic carbocycles. The predicted molar refractivity (Wildman–Crippen MR) is 80.1 cm³/mol. The van der Waals surface area contributed by atoms with Crippen molar-refractivity contribution in [1.82, 2.24) is 10.2 Å². The molecule has 2 aliphatic rings. The molecular weight excluding hydrogens is 270 g/mol. The normalized spacial score (nSPS) is 22.4. The van der Waals surface area contributed by atoms with Crippen LogP contribution in [0.25, 0.3) is 0 Å². The van der Waals surface area contributed by atoms with Crippen molar-refractivity contribution in [2.45, 2.75) is 44.7 Å². The Kier molecular flexibility index (Phi) is 4.55. The van der Waals surface area contributed by atoms with Crippen LogP contribution in [0, 0.1) is 17.6 Å². The molecule has 1 aliphatic heterocycles. The molecule has 21 heavy (non-hydrogen) atoms. The van der Waals surface area contributed by atoms with Crippen molar-refractivity contribution >= 4 is 0 Å². The van der Waals surface area contributed by atoms with Crippen molar-refractivity contribution in [2.24, 2.45) is 5.92 Å². The quantitative estimate of drug-likeness (QED) is 0.894. The summed E-state index contributed by atoms with van der Waals surface area (Å²) in [6.07, 6.45) is 4.87. The van der Waals surface area contributed by atoms with Gasteiger partial charge in [-0.2, -0.15) is 0 Å². The zero-order valence-corrected chi connectivity index (χ0v) is 12.6. The Labute approximate surface area is 125 Å². The second-order valence-electron chi connectivity index (χ2n) is 6.47. The highest BCUT2D eigenvalue weighted by atomic mass is 19.1. The van der Waals surface area contributed by atoms with Gasteiger partial charge in [-0.25, -0.2) is 8.78 Å². The van der Waals surface area contributed by atoms with Crippen LogP contribution >= 0.6 is 0 Å². The molecule has 1 aliphatic carbocycles. The van der Waals surface area contributed by atoms with E-state index in [0.29, 0.717) is 6.04 Å². The van der Waals surface area contributed by atoms with Gasteiger partial charge in [-0.05, 0) is 57.2 Å². The first-order valence-electron chi connectivity index (χ1n) is 8.06. The first-order chi connectivity index (χ1) is 10.1. The van der Waals surface area contributed by atoms with Crippen molar-refractivity contribution in [1.29, 1.82) is 0 Å². The van der Waals surface area contributed by atoms with Crippen LogP contribution in [0.15, 0.2) is 18.2 Å². The average Bonchev–Trinajstić information content (AvgIpc) is 3.29. The second-order valence-corrected chi connectivity index (χ2v) is 6.47. The van der Waals surface area contributed by atoms with Gasteiger partial charge in [0.1, 0.15) is 11.6 Å². The van der Waals surface area contributed by atoms with E-state index in [4.69, 9.17) is 0 Å². The van der Waals surface area contributed by atoms with E-state index in [0.717, 1.165) is 38.4 Å². The van der Waals surface area contributed by atoms with E-state index in [1.54, 1.807) is 0 Å². The average molecular weight is 294 g/mol. The van der Waals surface area contributed by atoms with Gasteiger partial charge < -0.3 is 5.32 Å². The van der Waals surface area contributed by atoms with Gasteiger partial charge in [-0.1, -0.05) is 6.07 Å². The van der Waals surface area contributed by atoms with Crippen molar-refractivity contribution in [3.8, 4) is 0 Å². The van der Waals surface area contributed by atoms with Crippen molar-refractivity contribution in [3.63, 3.8) is 0 Å². The van der Waals surface area contributed by atoms with Gasteiger partial charge in [-0.15, -0.1) is 0 Å². The molecule has 1 saturated heterocycles. The van der Waals surface area contributed by atoms with E-state index in [-0.39, 0.29) is 11.6 Å². The Morgan fingerprint density at radius 2 is 1.76 bits per heavy atom. The first kappa shape index (κ1) is 14.9. The third kappa shape index (κ3) is 3.61. The van der Waals surface area contributed by atoms with Crippen molar-refractivity contribution in [2.75, 3.05) is 19.6 Å². The van der Waals surface area contributed by atoms with Crippen LogP contribution in [0.2, 0.25) is 0 Å². The summed E-state index contributed by atoms with van der Waals surface area (Å²) in [6, 6.07) is 4.49. The molecule has 116 valence electrons. The summed E-state index contributed by atoms with van der Waals surface area (Å²) < 4.78 is 27.7. The molecule has 0 bridgehead atoms. The largest absolute Gasteiger partial charge is 0.314 e. The van der Waals surface area contributed by atoms with Gasteiger partial charge in [0, 0.05) is 30.7 Å². The number of piperidine rings is 1. The van der Waals surface area contributed by atoms with Gasteiger partial charge in [0.2, 0.25) is 0 Å². The lowest BCUT2D eigenvalue weighted by Gasteiger charge is -2.36. The maximum Gasteiger partial charge on any atom is 0.130 e. The highest BCUT2D eigenvalue weighted by Gasteiger charge is 2.28. The van der Waals surface area contributed by atoms with Gasteiger partial charge in [-0.3, -0.25) is 4.90 Å². The lowest BCUT2D eigenvalue weighted by molar-refractivity contribution is 0.147. The van der Waals surface area contributed by atoms with Gasteiger partial charge in [0.25, 0.3) is 0 Å². The highest BCUT2D eigenvalue weighted by Crippen LogP contribution is 2.30. The number of nitrogens with zero attached hydrogens (tertiary/aromatic N) is 1. The fourth-order valence-corrected chi connectivity index (χ4v) is 3.24. The molecule has 4 heteroatoms. The molecular formula is C17H24F2N2. The highest BCUT2D eigenvalue weighted by molar-refractivity contribution is 5.23. The minimum absolute atomic E-state index is 0.199. The monoisotopic (exact) mass is 294 g/mol. The molecule has 1 N–H and O–H groups in total. The fourth-order valence-electron chi connectivity index (χ4n) is 3.24. The molecule has 1 saturated carbocycles. The van der Waals surface area contributed by atoms with Crippen LogP contribution in [0.3, 0.4) is 0 Å². The summed E-state index contributed by atoms with van der Waals surface area (Å²) in [5, 5.41) is 3.63. The van der Waals surface area contributed by atoms with Crippen LogP contribution in [0.5, 0.6) is 0 Å². The molecule has 1 atom stereocenters. The summed E-state index contributed by atoms with van der Waals surface area (Å²) in [6.45, 7) is 4.84. The molecule has 0 amide bonds. The van der Waals surface area contributed by atoms with Gasteiger partial charge >= 0.3 is 0 Å². The van der Waals surface area contributed by atoms with Crippen LogP contribution in [-0.2, 0) is 0 Å². The second kappa shape index (κ2) is 6.41. The Morgan fingerprint density at radius 1 is 1.14 bits per heavy atom. The van der Waals surface area contributed by atoms with E-state index in [2.05, 4.69) is 10.2 Å². The van der Waals surface area contributed by atoms with E-state index in [9.17, 15) is 8.78 Å². The Morgan fingerprint density at radius 3 is 2.33 bits per heavy atom. The lowest BCUT2D eigenvalue weighted by Crippen LogP contribution is -2.44.